The topological polar surface area (TPSA) is 40.6 Å². The lowest BCUT2D eigenvalue weighted by atomic mass is 10.2. The highest BCUT2D eigenvalue weighted by atomic mass is 79.9. The number of carbonyl (C=O) groups is 2. The molecule has 0 unspecified atom stereocenters. The average Bonchev–Trinajstić information content (AvgIpc) is 3.30. The van der Waals surface area contributed by atoms with E-state index in [-0.39, 0.29) is 19.7 Å². The van der Waals surface area contributed by atoms with Gasteiger partial charge in [-0.3, -0.25) is 9.59 Å². The molecule has 0 saturated carbocycles. The molecular weight excluding hydrogens is 351 g/mol. The molecule has 112 valence electrons. The molecule has 1 aromatic rings. The van der Waals surface area contributed by atoms with Crippen molar-refractivity contribution in [3.05, 3.63) is 34.3 Å². The normalized spacial score (nSPS) is 19.3. The molecule has 0 aromatic heterocycles. The Morgan fingerprint density at radius 2 is 1.62 bits per heavy atom. The summed E-state index contributed by atoms with van der Waals surface area (Å²) in [5.74, 6) is -0.678. The van der Waals surface area contributed by atoms with Crippen LogP contribution in [0.3, 0.4) is 0 Å². The van der Waals surface area contributed by atoms with Crippen molar-refractivity contribution in [3.8, 4) is 0 Å². The zero-order valence-electron chi connectivity index (χ0n) is 11.8. The number of hydrogen-bond donors (Lipinski definition) is 0. The van der Waals surface area contributed by atoms with Gasteiger partial charge in [-0.25, -0.2) is 0 Å². The van der Waals surface area contributed by atoms with Gasteiger partial charge >= 0.3 is 11.8 Å². The zero-order chi connectivity index (χ0) is 14.8. The van der Waals surface area contributed by atoms with Crippen LogP contribution in [-0.2, 0) is 16.1 Å². The lowest BCUT2D eigenvalue weighted by Gasteiger charge is -2.33. The van der Waals surface area contributed by atoms with Gasteiger partial charge in [0.15, 0.2) is 0 Å². The van der Waals surface area contributed by atoms with E-state index < -0.39 is 0 Å². The molecule has 0 radical (unpaired) electrons. The molecule has 0 atom stereocenters. The third-order valence-corrected chi connectivity index (χ3v) is 6.35. The number of amides is 2. The van der Waals surface area contributed by atoms with Crippen molar-refractivity contribution in [3.63, 3.8) is 0 Å². The lowest BCUT2D eigenvalue weighted by Crippen LogP contribution is -2.54. The van der Waals surface area contributed by atoms with Crippen LogP contribution in [-0.4, -0.2) is 59.7 Å². The summed E-state index contributed by atoms with van der Waals surface area (Å²) in [4.78, 5) is 27.7. The molecule has 6 heteroatoms. The molecule has 2 heterocycles. The Morgan fingerprint density at radius 1 is 1.00 bits per heavy atom. The van der Waals surface area contributed by atoms with E-state index in [1.165, 1.54) is 12.3 Å². The summed E-state index contributed by atoms with van der Waals surface area (Å²) in [5, 5.41) is 0. The van der Waals surface area contributed by atoms with Crippen molar-refractivity contribution in [1.29, 1.82) is 0 Å². The van der Waals surface area contributed by atoms with Gasteiger partial charge in [0.1, 0.15) is 0 Å². The molecule has 4 nitrogen and oxygen atoms in total. The molecule has 2 aliphatic rings. The highest BCUT2D eigenvalue weighted by molar-refractivity contribution is 9.10. The Bertz CT molecular complexity index is 545. The Labute approximate surface area is 134 Å². The zero-order valence-corrected chi connectivity index (χ0v) is 14.3. The maximum Gasteiger partial charge on any atom is 0.312 e. The number of halogens is 1. The van der Waals surface area contributed by atoms with Gasteiger partial charge in [0.25, 0.3) is 0 Å². The van der Waals surface area contributed by atoms with Crippen LogP contribution < -0.4 is 0 Å². The smallest absolute Gasteiger partial charge is 0.312 e. The van der Waals surface area contributed by atoms with Crippen LogP contribution >= 0.6 is 23.9 Å². The van der Waals surface area contributed by atoms with Crippen molar-refractivity contribution in [2.45, 2.75) is 6.54 Å². The van der Waals surface area contributed by atoms with Crippen LogP contribution in [0.2, 0.25) is 0 Å². The summed E-state index contributed by atoms with van der Waals surface area (Å²) in [7, 11) is 0.214. The Kier molecular flexibility index (Phi) is 4.60. The molecule has 0 aliphatic carbocycles. The standard InChI is InChI=1S/C15H18BrN2O2P/c16-13-3-1-12(2-4-13)11-18-6-5-17(14(19)15(18)20)7-8-21-9-10-21/h1-4H,5-11H2. The highest BCUT2D eigenvalue weighted by Gasteiger charge is 2.33. The quantitative estimate of drug-likeness (QED) is 0.589. The first-order valence-corrected chi connectivity index (χ1v) is 9.87. The molecule has 0 N–H and O–H groups in total. The Morgan fingerprint density at radius 3 is 2.29 bits per heavy atom. The van der Waals surface area contributed by atoms with Gasteiger partial charge in [0, 0.05) is 30.7 Å². The van der Waals surface area contributed by atoms with Gasteiger partial charge in [-0.2, -0.15) is 0 Å². The first-order valence-electron chi connectivity index (χ1n) is 7.18. The first-order chi connectivity index (χ1) is 10.1. The summed E-state index contributed by atoms with van der Waals surface area (Å²) in [6.07, 6.45) is 3.81. The predicted molar refractivity (Wildman–Crippen MR) is 87.7 cm³/mol. The van der Waals surface area contributed by atoms with Crippen molar-refractivity contribution in [1.82, 2.24) is 9.80 Å². The minimum atomic E-state index is -0.354. The summed E-state index contributed by atoms with van der Waals surface area (Å²) in [6, 6.07) is 7.86. The molecule has 21 heavy (non-hydrogen) atoms. The van der Waals surface area contributed by atoms with E-state index in [4.69, 9.17) is 0 Å². The fraction of sp³-hybridized carbons (Fsp3) is 0.467. The van der Waals surface area contributed by atoms with Gasteiger partial charge in [-0.05, 0) is 36.2 Å². The summed E-state index contributed by atoms with van der Waals surface area (Å²) in [5.41, 5.74) is 1.05. The van der Waals surface area contributed by atoms with Crippen LogP contribution in [0, 0.1) is 0 Å². The van der Waals surface area contributed by atoms with Crippen LogP contribution in [0.4, 0.5) is 0 Å². The molecule has 2 amide bonds. The van der Waals surface area contributed by atoms with E-state index in [0.29, 0.717) is 19.6 Å². The predicted octanol–water partition coefficient (Wildman–Crippen LogP) is 2.12. The summed E-state index contributed by atoms with van der Waals surface area (Å²) < 4.78 is 1.01. The first kappa shape index (κ1) is 15.0. The fourth-order valence-corrected chi connectivity index (χ4v) is 4.25. The van der Waals surface area contributed by atoms with E-state index in [9.17, 15) is 9.59 Å². The maximum atomic E-state index is 12.2. The van der Waals surface area contributed by atoms with E-state index in [1.807, 2.05) is 24.3 Å². The molecule has 2 saturated heterocycles. The van der Waals surface area contributed by atoms with Gasteiger partial charge in [-0.1, -0.05) is 28.1 Å². The molecule has 1 aromatic carbocycles. The van der Waals surface area contributed by atoms with Crippen molar-refractivity contribution >= 4 is 35.7 Å². The second kappa shape index (κ2) is 6.45. The third-order valence-electron chi connectivity index (χ3n) is 3.91. The van der Waals surface area contributed by atoms with Crippen molar-refractivity contribution < 1.29 is 9.59 Å². The SMILES string of the molecule is O=C1C(=O)N(Cc2ccc(Br)cc2)CCN1CCP1CC1. The second-order valence-corrected chi connectivity index (χ2v) is 9.09. The second-order valence-electron chi connectivity index (χ2n) is 5.49. The minimum absolute atomic E-state index is 0.214. The molecule has 2 aliphatic heterocycles. The molecule has 3 rings (SSSR count). The van der Waals surface area contributed by atoms with Crippen LogP contribution in [0.25, 0.3) is 0 Å². The van der Waals surface area contributed by atoms with Crippen LogP contribution in [0.5, 0.6) is 0 Å². The van der Waals surface area contributed by atoms with E-state index in [2.05, 4.69) is 15.9 Å². The lowest BCUT2D eigenvalue weighted by molar-refractivity contribution is -0.156. The van der Waals surface area contributed by atoms with E-state index in [0.717, 1.165) is 22.7 Å². The highest BCUT2D eigenvalue weighted by Crippen LogP contribution is 2.49. The number of carbonyl (C=O) groups excluding carboxylic acids is 2. The molecule has 0 spiro atoms. The van der Waals surface area contributed by atoms with Gasteiger partial charge in [-0.15, -0.1) is 7.92 Å². The van der Waals surface area contributed by atoms with Crippen molar-refractivity contribution in [2.24, 2.45) is 0 Å². The number of rotatable bonds is 5. The summed E-state index contributed by atoms with van der Waals surface area (Å²) in [6.45, 7) is 2.59. The number of hydrogen-bond acceptors (Lipinski definition) is 2. The minimum Gasteiger partial charge on any atom is -0.332 e. The number of nitrogens with zero attached hydrogens (tertiary/aromatic N) is 2. The van der Waals surface area contributed by atoms with E-state index in [1.54, 1.807) is 9.80 Å². The monoisotopic (exact) mass is 368 g/mol. The Balaban J connectivity index is 1.57. The van der Waals surface area contributed by atoms with Crippen LogP contribution in [0.1, 0.15) is 5.56 Å². The van der Waals surface area contributed by atoms with Crippen LogP contribution in [0.15, 0.2) is 28.7 Å². The maximum absolute atomic E-state index is 12.2. The number of benzene rings is 1. The number of piperazine rings is 1. The van der Waals surface area contributed by atoms with Gasteiger partial charge < -0.3 is 9.80 Å². The fourth-order valence-electron chi connectivity index (χ4n) is 2.45. The van der Waals surface area contributed by atoms with Crippen molar-refractivity contribution in [2.75, 3.05) is 38.1 Å². The molecule has 2 fully saturated rings. The summed E-state index contributed by atoms with van der Waals surface area (Å²) >= 11 is 3.39. The molecular formula is C15H18BrN2O2P. The largest absolute Gasteiger partial charge is 0.332 e. The Hall–Kier alpha value is -0.930. The average molecular weight is 369 g/mol. The van der Waals surface area contributed by atoms with E-state index >= 15 is 0 Å². The molecule has 0 bridgehead atoms. The van der Waals surface area contributed by atoms with Gasteiger partial charge in [0.2, 0.25) is 0 Å². The van der Waals surface area contributed by atoms with Gasteiger partial charge in [0.05, 0.1) is 0 Å². The third kappa shape index (κ3) is 3.83.